The van der Waals surface area contributed by atoms with Gasteiger partial charge in [-0.2, -0.15) is 13.2 Å². The fourth-order valence-electron chi connectivity index (χ4n) is 2.08. The lowest BCUT2D eigenvalue weighted by molar-refractivity contribution is -0.134. The number of hydrogen-bond acceptors (Lipinski definition) is 4. The van der Waals surface area contributed by atoms with Crippen LogP contribution < -0.4 is 4.74 Å². The number of carbonyl (C=O) groups is 1. The number of carbonyl (C=O) groups excluding carboxylic acids is 1. The number of sulfone groups is 1. The maximum Gasteiger partial charge on any atom is 0.501 e. The van der Waals surface area contributed by atoms with Crippen LogP contribution in [0, 0.1) is 0 Å². The van der Waals surface area contributed by atoms with Crippen LogP contribution in [0.4, 0.5) is 13.2 Å². The maximum absolute atomic E-state index is 12.5. The molecule has 0 heterocycles. The lowest BCUT2D eigenvalue weighted by Crippen LogP contribution is -2.23. The number of aryl methyl sites for hydroxylation is 1. The molecule has 4 nitrogen and oxygen atoms in total. The third kappa shape index (κ3) is 5.06. The highest BCUT2D eigenvalue weighted by atomic mass is 32.2. The second-order valence-corrected chi connectivity index (χ2v) is 7.17. The first kappa shape index (κ1) is 19.0. The van der Waals surface area contributed by atoms with Gasteiger partial charge in [-0.1, -0.05) is 30.3 Å². The molecule has 134 valence electrons. The number of halogens is 3. The molecule has 2 aromatic carbocycles. The van der Waals surface area contributed by atoms with Gasteiger partial charge in [0.05, 0.1) is 4.90 Å². The Labute approximate surface area is 143 Å². The van der Waals surface area contributed by atoms with E-state index in [1.165, 1.54) is 12.1 Å². The zero-order valence-corrected chi connectivity index (χ0v) is 13.8. The number of esters is 1. The first-order valence-corrected chi connectivity index (χ1v) is 8.84. The monoisotopic (exact) mass is 372 g/mol. The summed E-state index contributed by atoms with van der Waals surface area (Å²) in [5, 5.41) is 0. The number of ether oxygens (including phenoxy) is 1. The zero-order valence-electron chi connectivity index (χ0n) is 13.0. The van der Waals surface area contributed by atoms with Gasteiger partial charge < -0.3 is 4.74 Å². The Bertz CT molecular complexity index is 813. The molecule has 2 rings (SSSR count). The van der Waals surface area contributed by atoms with E-state index in [9.17, 15) is 26.4 Å². The molecule has 0 aliphatic heterocycles. The van der Waals surface area contributed by atoms with E-state index in [1.807, 2.05) is 0 Å². The van der Waals surface area contributed by atoms with Crippen molar-refractivity contribution >= 4 is 15.8 Å². The van der Waals surface area contributed by atoms with Crippen LogP contribution in [0.3, 0.4) is 0 Å². The summed E-state index contributed by atoms with van der Waals surface area (Å²) >= 11 is 0. The molecule has 0 radical (unpaired) electrons. The minimum absolute atomic E-state index is 0.136. The van der Waals surface area contributed by atoms with Gasteiger partial charge in [0.15, 0.2) is 0 Å². The van der Waals surface area contributed by atoms with Gasteiger partial charge in [0.2, 0.25) is 0 Å². The van der Waals surface area contributed by atoms with Gasteiger partial charge in [-0.15, -0.1) is 0 Å². The third-order valence-corrected chi connectivity index (χ3v) is 4.86. The molecule has 0 atom stereocenters. The molecule has 0 amide bonds. The van der Waals surface area contributed by atoms with E-state index in [2.05, 4.69) is 0 Å². The van der Waals surface area contributed by atoms with E-state index in [-0.39, 0.29) is 6.42 Å². The smallest absolute Gasteiger partial charge is 0.427 e. The lowest BCUT2D eigenvalue weighted by Gasteiger charge is -2.08. The van der Waals surface area contributed by atoms with Crippen LogP contribution in [-0.2, 0) is 21.1 Å². The van der Waals surface area contributed by atoms with Crippen LogP contribution >= 0.6 is 0 Å². The van der Waals surface area contributed by atoms with E-state index in [0.717, 1.165) is 12.1 Å². The molecule has 0 fully saturated rings. The molecule has 0 spiro atoms. The van der Waals surface area contributed by atoms with Gasteiger partial charge in [-0.05, 0) is 42.7 Å². The van der Waals surface area contributed by atoms with Crippen LogP contribution in [-0.4, -0.2) is 19.9 Å². The predicted molar refractivity (Wildman–Crippen MR) is 84.7 cm³/mol. The van der Waals surface area contributed by atoms with Crippen molar-refractivity contribution in [3.8, 4) is 5.75 Å². The largest absolute Gasteiger partial charge is 0.501 e. The Morgan fingerprint density at radius 1 is 0.960 bits per heavy atom. The van der Waals surface area contributed by atoms with Crippen molar-refractivity contribution in [3.63, 3.8) is 0 Å². The minimum Gasteiger partial charge on any atom is -0.427 e. The summed E-state index contributed by atoms with van der Waals surface area (Å²) in [7, 11) is -5.34. The number of benzene rings is 2. The van der Waals surface area contributed by atoms with Crippen LogP contribution in [0.5, 0.6) is 5.75 Å². The van der Waals surface area contributed by atoms with E-state index in [4.69, 9.17) is 4.74 Å². The van der Waals surface area contributed by atoms with Gasteiger partial charge in [0.25, 0.3) is 9.84 Å². The molecule has 2 aromatic rings. The fraction of sp³-hybridized carbons (Fsp3) is 0.235. The summed E-state index contributed by atoms with van der Waals surface area (Å²) < 4.78 is 65.0. The Morgan fingerprint density at radius 3 is 2.12 bits per heavy atom. The summed E-state index contributed by atoms with van der Waals surface area (Å²) in [4.78, 5) is 10.9. The van der Waals surface area contributed by atoms with Crippen LogP contribution in [0.25, 0.3) is 0 Å². The number of hydrogen-bond donors (Lipinski definition) is 0. The minimum atomic E-state index is -5.34. The highest BCUT2D eigenvalue weighted by molar-refractivity contribution is 7.92. The maximum atomic E-state index is 12.5. The van der Waals surface area contributed by atoms with E-state index < -0.39 is 26.2 Å². The molecule has 0 aliphatic rings. The van der Waals surface area contributed by atoms with E-state index >= 15 is 0 Å². The van der Waals surface area contributed by atoms with Crippen molar-refractivity contribution in [2.45, 2.75) is 29.7 Å². The molecule has 0 aliphatic carbocycles. The average Bonchev–Trinajstić information content (AvgIpc) is 2.55. The quantitative estimate of drug-likeness (QED) is 0.570. The molecular weight excluding hydrogens is 357 g/mol. The van der Waals surface area contributed by atoms with Crippen LogP contribution in [0.2, 0.25) is 0 Å². The van der Waals surface area contributed by atoms with Crippen molar-refractivity contribution in [2.24, 2.45) is 0 Å². The number of para-hydroxylation sites is 1. The highest BCUT2D eigenvalue weighted by Crippen LogP contribution is 2.30. The molecule has 25 heavy (non-hydrogen) atoms. The summed E-state index contributed by atoms with van der Waals surface area (Å²) in [6.45, 7) is 0. The normalized spacial score (nSPS) is 12.0. The molecule has 0 saturated carbocycles. The standard InChI is InChI=1S/C17H15F3O4S/c18-17(19,20)25(22,23)15-11-9-13(10-12-15)5-4-8-16(21)24-14-6-2-1-3-7-14/h1-3,6-7,9-12H,4-5,8H2. The Morgan fingerprint density at radius 2 is 1.56 bits per heavy atom. The first-order valence-electron chi connectivity index (χ1n) is 7.36. The second kappa shape index (κ2) is 7.69. The fourth-order valence-corrected chi connectivity index (χ4v) is 2.84. The van der Waals surface area contributed by atoms with E-state index in [1.54, 1.807) is 30.3 Å². The van der Waals surface area contributed by atoms with Gasteiger partial charge in [0.1, 0.15) is 5.75 Å². The molecule has 8 heteroatoms. The Hall–Kier alpha value is -2.35. The molecule has 0 N–H and O–H groups in total. The average molecular weight is 372 g/mol. The third-order valence-electron chi connectivity index (χ3n) is 3.36. The first-order chi connectivity index (χ1) is 11.7. The van der Waals surface area contributed by atoms with Crippen molar-refractivity contribution in [1.29, 1.82) is 0 Å². The van der Waals surface area contributed by atoms with Gasteiger partial charge in [0, 0.05) is 6.42 Å². The summed E-state index contributed by atoms with van der Waals surface area (Å²) in [6, 6.07) is 13.0. The Kier molecular flexibility index (Phi) is 5.84. The summed E-state index contributed by atoms with van der Waals surface area (Å²) in [6.07, 6.45) is 0.977. The highest BCUT2D eigenvalue weighted by Gasteiger charge is 2.46. The summed E-state index contributed by atoms with van der Waals surface area (Å²) in [5.41, 5.74) is -4.69. The van der Waals surface area contributed by atoms with Crippen molar-refractivity contribution in [1.82, 2.24) is 0 Å². The van der Waals surface area contributed by atoms with Gasteiger partial charge >= 0.3 is 11.5 Å². The van der Waals surface area contributed by atoms with Gasteiger partial charge in [-0.25, -0.2) is 8.42 Å². The number of rotatable bonds is 6. The Balaban J connectivity index is 1.87. The topological polar surface area (TPSA) is 60.4 Å². The van der Waals surface area contributed by atoms with Crippen LogP contribution in [0.1, 0.15) is 18.4 Å². The van der Waals surface area contributed by atoms with E-state index in [0.29, 0.717) is 24.2 Å². The molecular formula is C17H15F3O4S. The molecule has 0 bridgehead atoms. The summed E-state index contributed by atoms with van der Waals surface area (Å²) in [5.74, 6) is 0.0247. The molecule has 0 saturated heterocycles. The predicted octanol–water partition coefficient (Wildman–Crippen LogP) is 3.91. The molecule has 0 aromatic heterocycles. The van der Waals surface area contributed by atoms with Gasteiger partial charge in [-0.3, -0.25) is 4.79 Å². The SMILES string of the molecule is O=C(CCCc1ccc(S(=O)(=O)C(F)(F)F)cc1)Oc1ccccc1. The van der Waals surface area contributed by atoms with Crippen molar-refractivity contribution in [3.05, 3.63) is 60.2 Å². The number of alkyl halides is 3. The van der Waals surface area contributed by atoms with Crippen LogP contribution in [0.15, 0.2) is 59.5 Å². The van der Waals surface area contributed by atoms with Crippen molar-refractivity contribution < 1.29 is 31.1 Å². The zero-order chi connectivity index (χ0) is 18.5. The van der Waals surface area contributed by atoms with Crippen molar-refractivity contribution in [2.75, 3.05) is 0 Å². The lowest BCUT2D eigenvalue weighted by atomic mass is 10.1. The second-order valence-electron chi connectivity index (χ2n) is 5.23. The molecule has 0 unspecified atom stereocenters.